The van der Waals surface area contributed by atoms with Crippen molar-refractivity contribution in [2.75, 3.05) is 24.0 Å². The molecule has 0 radical (unpaired) electrons. The van der Waals surface area contributed by atoms with Crippen LogP contribution in [0.4, 0.5) is 5.69 Å². The summed E-state index contributed by atoms with van der Waals surface area (Å²) in [5, 5.41) is 3.01. The number of carbonyl (C=O) groups excluding carboxylic acids is 2. The van der Waals surface area contributed by atoms with Crippen LogP contribution in [-0.2, 0) is 32.6 Å². The van der Waals surface area contributed by atoms with E-state index in [1.54, 1.807) is 42.5 Å². The third-order valence-corrected chi connectivity index (χ3v) is 9.58. The Bertz CT molecular complexity index is 1670. The first-order valence-corrected chi connectivity index (χ1v) is 17.5. The Morgan fingerprint density at radius 2 is 1.43 bits per heavy atom. The van der Waals surface area contributed by atoms with Gasteiger partial charge in [0.25, 0.3) is 10.0 Å². The molecule has 0 spiro atoms. The Labute approximate surface area is 280 Å². The number of benzene rings is 4. The van der Waals surface area contributed by atoms with E-state index in [2.05, 4.69) is 21.2 Å². The van der Waals surface area contributed by atoms with Gasteiger partial charge < -0.3 is 15.0 Å². The summed E-state index contributed by atoms with van der Waals surface area (Å²) in [6.45, 7) is 6.33. The zero-order valence-electron chi connectivity index (χ0n) is 26.3. The predicted octanol–water partition coefficient (Wildman–Crippen LogP) is 6.46. The van der Waals surface area contributed by atoms with Crippen LogP contribution in [0.25, 0.3) is 0 Å². The monoisotopic (exact) mass is 705 g/mol. The maximum Gasteiger partial charge on any atom is 0.264 e. The van der Waals surface area contributed by atoms with Crippen molar-refractivity contribution in [3.8, 4) is 5.75 Å². The molecule has 0 saturated carbocycles. The van der Waals surface area contributed by atoms with E-state index in [1.807, 2.05) is 75.4 Å². The van der Waals surface area contributed by atoms with Gasteiger partial charge in [-0.15, -0.1) is 0 Å². The van der Waals surface area contributed by atoms with E-state index in [1.165, 1.54) is 17.0 Å². The molecule has 8 nitrogen and oxygen atoms in total. The molecule has 0 heterocycles. The van der Waals surface area contributed by atoms with Crippen molar-refractivity contribution in [2.45, 2.75) is 44.7 Å². The number of ether oxygens (including phenoxy) is 1. The number of amides is 2. The molecule has 0 bridgehead atoms. The lowest BCUT2D eigenvalue weighted by atomic mass is 10.0. The van der Waals surface area contributed by atoms with E-state index in [9.17, 15) is 18.0 Å². The van der Waals surface area contributed by atoms with Crippen LogP contribution in [0.15, 0.2) is 119 Å². The Hall–Kier alpha value is -4.15. The van der Waals surface area contributed by atoms with Gasteiger partial charge in [0.15, 0.2) is 0 Å². The zero-order valence-corrected chi connectivity index (χ0v) is 28.7. The first kappa shape index (κ1) is 34.7. The number of hydrogen-bond acceptors (Lipinski definition) is 5. The van der Waals surface area contributed by atoms with Crippen molar-refractivity contribution in [2.24, 2.45) is 5.92 Å². The lowest BCUT2D eigenvalue weighted by Crippen LogP contribution is -2.53. The number of hydrogen-bond donors (Lipinski definition) is 1. The van der Waals surface area contributed by atoms with Gasteiger partial charge in [0, 0.05) is 24.0 Å². The summed E-state index contributed by atoms with van der Waals surface area (Å²) >= 11 is 3.46. The summed E-state index contributed by atoms with van der Waals surface area (Å²) in [6.07, 6.45) is 0.252. The smallest absolute Gasteiger partial charge is 0.264 e. The van der Waals surface area contributed by atoms with Crippen molar-refractivity contribution in [1.82, 2.24) is 10.2 Å². The molecular weight excluding hydrogens is 666 g/mol. The largest absolute Gasteiger partial charge is 0.494 e. The lowest BCUT2D eigenvalue weighted by Gasteiger charge is -2.34. The molecule has 242 valence electrons. The molecule has 0 aliphatic carbocycles. The highest BCUT2D eigenvalue weighted by Crippen LogP contribution is 2.27. The molecule has 1 atom stereocenters. The minimum Gasteiger partial charge on any atom is -0.494 e. The van der Waals surface area contributed by atoms with E-state index in [0.29, 0.717) is 24.6 Å². The molecular formula is C36H40BrN3O5S. The van der Waals surface area contributed by atoms with Crippen LogP contribution in [0, 0.1) is 5.92 Å². The molecule has 0 unspecified atom stereocenters. The minimum atomic E-state index is -4.17. The van der Waals surface area contributed by atoms with Crippen LogP contribution in [-0.4, -0.2) is 50.9 Å². The van der Waals surface area contributed by atoms with Crippen molar-refractivity contribution >= 4 is 43.5 Å². The number of nitrogens with one attached hydrogen (secondary N) is 1. The molecule has 46 heavy (non-hydrogen) atoms. The topological polar surface area (TPSA) is 96.0 Å². The molecule has 4 rings (SSSR count). The first-order valence-electron chi connectivity index (χ1n) is 15.2. The normalized spacial score (nSPS) is 11.9. The molecule has 0 fully saturated rings. The summed E-state index contributed by atoms with van der Waals surface area (Å²) in [7, 11) is -4.17. The summed E-state index contributed by atoms with van der Waals surface area (Å²) in [4.78, 5) is 29.9. The van der Waals surface area contributed by atoms with Crippen LogP contribution in [0.1, 0.15) is 31.9 Å². The fourth-order valence-electron chi connectivity index (χ4n) is 4.89. The van der Waals surface area contributed by atoms with Crippen LogP contribution in [0.3, 0.4) is 0 Å². The summed E-state index contributed by atoms with van der Waals surface area (Å²) in [6, 6.07) is 30.7. The van der Waals surface area contributed by atoms with Crippen LogP contribution >= 0.6 is 15.9 Å². The lowest BCUT2D eigenvalue weighted by molar-refractivity contribution is -0.140. The van der Waals surface area contributed by atoms with Crippen molar-refractivity contribution < 1.29 is 22.7 Å². The summed E-state index contributed by atoms with van der Waals surface area (Å²) < 4.78 is 35.8. The van der Waals surface area contributed by atoms with Gasteiger partial charge in [-0.2, -0.15) is 0 Å². The second-order valence-corrected chi connectivity index (χ2v) is 14.0. The fourth-order valence-corrected chi connectivity index (χ4v) is 6.59. The molecule has 4 aromatic carbocycles. The van der Waals surface area contributed by atoms with Gasteiger partial charge in [-0.25, -0.2) is 8.42 Å². The van der Waals surface area contributed by atoms with Gasteiger partial charge >= 0.3 is 0 Å². The number of anilines is 1. The average Bonchev–Trinajstić information content (AvgIpc) is 3.06. The molecule has 0 aromatic heterocycles. The quantitative estimate of drug-likeness (QED) is 0.153. The van der Waals surface area contributed by atoms with Gasteiger partial charge in [-0.1, -0.05) is 90.4 Å². The van der Waals surface area contributed by atoms with Gasteiger partial charge in [-0.05, 0) is 72.5 Å². The maximum atomic E-state index is 14.5. The number of carbonyl (C=O) groups is 2. The molecule has 4 aromatic rings. The highest BCUT2D eigenvalue weighted by molar-refractivity contribution is 9.10. The number of nitrogens with zero attached hydrogens (tertiary/aromatic N) is 2. The standard InChI is InChI=1S/C36H40BrN3O5S/c1-4-45-32-21-19-31(20-22-32)40(46(43,44)33-13-9-6-10-14-33)26-35(41)39(25-29-15-17-30(37)18-16-29)34(36(42)38-24-27(2)3)23-28-11-7-5-8-12-28/h5-22,27,34H,4,23-26H2,1-3H3,(H,38,42)/t34-/m1/s1. The second-order valence-electron chi connectivity index (χ2n) is 11.2. The third kappa shape index (κ3) is 9.43. The molecule has 0 aliphatic rings. The SMILES string of the molecule is CCOc1ccc(N(CC(=O)N(Cc2ccc(Br)cc2)[C@H](Cc2ccccc2)C(=O)NCC(C)C)S(=O)(=O)c2ccccc2)cc1. The Kier molecular flexibility index (Phi) is 12.4. The van der Waals surface area contributed by atoms with Crippen molar-refractivity contribution in [3.05, 3.63) is 125 Å². The highest BCUT2D eigenvalue weighted by Gasteiger charge is 2.34. The summed E-state index contributed by atoms with van der Waals surface area (Å²) in [5.41, 5.74) is 1.97. The molecule has 0 saturated heterocycles. The minimum absolute atomic E-state index is 0.0478. The van der Waals surface area contributed by atoms with Gasteiger partial charge in [0.05, 0.1) is 17.2 Å². The van der Waals surface area contributed by atoms with Gasteiger partial charge in [0.2, 0.25) is 11.8 Å². The summed E-state index contributed by atoms with van der Waals surface area (Å²) in [5.74, 6) is -0.0437. The van der Waals surface area contributed by atoms with E-state index in [0.717, 1.165) is 19.9 Å². The van der Waals surface area contributed by atoms with Crippen LogP contribution < -0.4 is 14.4 Å². The van der Waals surface area contributed by atoms with Gasteiger partial charge in [-0.3, -0.25) is 13.9 Å². The van der Waals surface area contributed by atoms with E-state index in [4.69, 9.17) is 4.74 Å². The molecule has 10 heteroatoms. The molecule has 1 N–H and O–H groups in total. The van der Waals surface area contributed by atoms with Crippen LogP contribution in [0.2, 0.25) is 0 Å². The predicted molar refractivity (Wildman–Crippen MR) is 185 cm³/mol. The molecule has 2 amide bonds. The fraction of sp³-hybridized carbons (Fsp3) is 0.278. The Morgan fingerprint density at radius 1 is 0.826 bits per heavy atom. The number of rotatable bonds is 15. The van der Waals surface area contributed by atoms with E-state index in [-0.39, 0.29) is 29.7 Å². The Morgan fingerprint density at radius 3 is 2.02 bits per heavy atom. The molecule has 0 aliphatic heterocycles. The maximum absolute atomic E-state index is 14.5. The van der Waals surface area contributed by atoms with E-state index >= 15 is 0 Å². The van der Waals surface area contributed by atoms with Gasteiger partial charge in [0.1, 0.15) is 18.3 Å². The highest BCUT2D eigenvalue weighted by atomic mass is 79.9. The Balaban J connectivity index is 1.78. The first-order chi connectivity index (χ1) is 22.1. The second kappa shape index (κ2) is 16.4. The van der Waals surface area contributed by atoms with Crippen molar-refractivity contribution in [1.29, 1.82) is 0 Å². The van der Waals surface area contributed by atoms with E-state index < -0.39 is 28.5 Å². The van der Waals surface area contributed by atoms with Crippen molar-refractivity contribution in [3.63, 3.8) is 0 Å². The number of sulfonamides is 1. The average molecular weight is 707 g/mol. The zero-order chi connectivity index (χ0) is 33.1. The third-order valence-electron chi connectivity index (χ3n) is 7.27. The van der Waals surface area contributed by atoms with Crippen LogP contribution in [0.5, 0.6) is 5.75 Å². The number of halogens is 1.